The number of hydrogen-bond donors (Lipinski definition) is 1. The molecule has 1 aromatic rings. The summed E-state index contributed by atoms with van der Waals surface area (Å²) in [6, 6.07) is 8.15. The van der Waals surface area contributed by atoms with Gasteiger partial charge in [0.1, 0.15) is 11.1 Å². The first-order valence-electron chi connectivity index (χ1n) is 5.98. The van der Waals surface area contributed by atoms with Crippen molar-refractivity contribution in [2.24, 2.45) is 10.7 Å². The Labute approximate surface area is 112 Å². The van der Waals surface area contributed by atoms with Gasteiger partial charge in [0.25, 0.3) is 0 Å². The highest BCUT2D eigenvalue weighted by molar-refractivity contribution is 7.99. The number of guanidine groups is 1. The van der Waals surface area contributed by atoms with Gasteiger partial charge < -0.3 is 15.4 Å². The lowest BCUT2D eigenvalue weighted by Crippen LogP contribution is -2.40. The van der Waals surface area contributed by atoms with Crippen LogP contribution >= 0.6 is 11.8 Å². The molecule has 1 aromatic carbocycles. The van der Waals surface area contributed by atoms with Crippen LogP contribution in [0.5, 0.6) is 5.75 Å². The molecular weight excluding hydrogens is 246 g/mol. The first-order chi connectivity index (χ1) is 8.69. The van der Waals surface area contributed by atoms with Crippen LogP contribution < -0.4 is 10.5 Å². The Hall–Kier alpha value is -1.36. The lowest BCUT2D eigenvalue weighted by molar-refractivity contribution is 0.414. The molecule has 1 aliphatic rings. The number of rotatable bonds is 4. The van der Waals surface area contributed by atoms with Crippen molar-refractivity contribution in [3.8, 4) is 5.75 Å². The molecule has 1 atom stereocenters. The average molecular weight is 265 g/mol. The molecule has 0 fully saturated rings. The summed E-state index contributed by atoms with van der Waals surface area (Å²) in [5.74, 6) is 2.48. The van der Waals surface area contributed by atoms with Crippen molar-refractivity contribution < 1.29 is 4.74 Å². The molecule has 98 valence electrons. The molecule has 0 saturated carbocycles. The van der Waals surface area contributed by atoms with Crippen LogP contribution in [0.1, 0.15) is 12.0 Å². The van der Waals surface area contributed by atoms with Gasteiger partial charge in [0.2, 0.25) is 0 Å². The van der Waals surface area contributed by atoms with Gasteiger partial charge >= 0.3 is 0 Å². The minimum Gasteiger partial charge on any atom is -0.497 e. The number of aliphatic imine (C=N–C) groups is 1. The van der Waals surface area contributed by atoms with E-state index in [1.807, 2.05) is 35.8 Å². The highest BCUT2D eigenvalue weighted by Gasteiger charge is 2.16. The molecule has 0 spiro atoms. The van der Waals surface area contributed by atoms with Crippen LogP contribution in [-0.4, -0.2) is 36.9 Å². The molecule has 0 amide bonds. The fraction of sp³-hybridized carbons (Fsp3) is 0.462. The van der Waals surface area contributed by atoms with Gasteiger partial charge in [-0.2, -0.15) is 0 Å². The maximum atomic E-state index is 5.83. The number of thioether (sulfide) groups is 1. The molecule has 2 rings (SSSR count). The Morgan fingerprint density at radius 3 is 3.11 bits per heavy atom. The predicted octanol–water partition coefficient (Wildman–Crippen LogP) is 1.90. The normalized spacial score (nSPS) is 19.6. The number of ether oxygens (including phenoxy) is 1. The topological polar surface area (TPSA) is 50.9 Å². The van der Waals surface area contributed by atoms with Gasteiger partial charge in [-0.3, -0.25) is 0 Å². The standard InChI is InChI=1S/C13H19N3OS/c1-16-7-6-12(15-13(16)14)18-9-10-4-3-5-11(8-10)17-2/h3-5,8,12H,6-7,9H2,1-2H3,(H2,14,15). The fourth-order valence-electron chi connectivity index (χ4n) is 1.80. The summed E-state index contributed by atoms with van der Waals surface area (Å²) in [7, 11) is 3.66. The number of benzene rings is 1. The van der Waals surface area contributed by atoms with Crippen LogP contribution in [0.3, 0.4) is 0 Å². The minimum atomic E-state index is 0.271. The van der Waals surface area contributed by atoms with Crippen LogP contribution in [0.4, 0.5) is 0 Å². The molecule has 0 aromatic heterocycles. The Kier molecular flexibility index (Phi) is 4.36. The summed E-state index contributed by atoms with van der Waals surface area (Å²) in [4.78, 5) is 6.46. The zero-order valence-electron chi connectivity index (χ0n) is 10.8. The van der Waals surface area contributed by atoms with Crippen LogP contribution in [0.2, 0.25) is 0 Å². The number of methoxy groups -OCH3 is 1. The molecule has 18 heavy (non-hydrogen) atoms. The second-order valence-electron chi connectivity index (χ2n) is 4.31. The lowest BCUT2D eigenvalue weighted by Gasteiger charge is -2.26. The molecule has 1 aliphatic heterocycles. The van der Waals surface area contributed by atoms with Gasteiger partial charge in [-0.05, 0) is 24.1 Å². The molecule has 0 radical (unpaired) electrons. The molecular formula is C13H19N3OS. The van der Waals surface area contributed by atoms with Crippen molar-refractivity contribution in [1.82, 2.24) is 4.90 Å². The molecule has 1 unspecified atom stereocenters. The number of nitrogens with two attached hydrogens (primary N) is 1. The van der Waals surface area contributed by atoms with Crippen molar-refractivity contribution in [2.45, 2.75) is 17.5 Å². The Bertz CT molecular complexity index is 436. The maximum Gasteiger partial charge on any atom is 0.192 e. The predicted molar refractivity (Wildman–Crippen MR) is 76.9 cm³/mol. The third-order valence-electron chi connectivity index (χ3n) is 2.96. The van der Waals surface area contributed by atoms with E-state index in [4.69, 9.17) is 10.5 Å². The summed E-state index contributed by atoms with van der Waals surface area (Å²) >= 11 is 1.83. The highest BCUT2D eigenvalue weighted by Crippen LogP contribution is 2.25. The van der Waals surface area contributed by atoms with E-state index in [1.165, 1.54) is 5.56 Å². The van der Waals surface area contributed by atoms with E-state index < -0.39 is 0 Å². The van der Waals surface area contributed by atoms with Crippen molar-refractivity contribution in [1.29, 1.82) is 0 Å². The minimum absolute atomic E-state index is 0.271. The zero-order chi connectivity index (χ0) is 13.0. The third kappa shape index (κ3) is 3.32. The van der Waals surface area contributed by atoms with Crippen molar-refractivity contribution >= 4 is 17.7 Å². The van der Waals surface area contributed by atoms with Gasteiger partial charge in [-0.25, -0.2) is 4.99 Å². The molecule has 2 N–H and O–H groups in total. The first-order valence-corrected chi connectivity index (χ1v) is 7.03. The van der Waals surface area contributed by atoms with E-state index in [0.29, 0.717) is 5.96 Å². The van der Waals surface area contributed by atoms with Crippen LogP contribution in [0.15, 0.2) is 29.3 Å². The molecule has 0 bridgehead atoms. The molecule has 1 heterocycles. The van der Waals surface area contributed by atoms with E-state index in [-0.39, 0.29) is 5.37 Å². The Morgan fingerprint density at radius 1 is 1.56 bits per heavy atom. The zero-order valence-corrected chi connectivity index (χ0v) is 11.6. The molecule has 4 nitrogen and oxygen atoms in total. The van der Waals surface area contributed by atoms with Gasteiger partial charge in [0, 0.05) is 19.3 Å². The monoisotopic (exact) mass is 265 g/mol. The van der Waals surface area contributed by atoms with Crippen LogP contribution in [0.25, 0.3) is 0 Å². The third-order valence-corrected chi connectivity index (χ3v) is 4.18. The van der Waals surface area contributed by atoms with Gasteiger partial charge in [-0.1, -0.05) is 12.1 Å². The van der Waals surface area contributed by atoms with Gasteiger partial charge in [-0.15, -0.1) is 11.8 Å². The van der Waals surface area contributed by atoms with E-state index >= 15 is 0 Å². The molecule has 5 heteroatoms. The number of nitrogens with zero attached hydrogens (tertiary/aromatic N) is 2. The van der Waals surface area contributed by atoms with Crippen molar-refractivity contribution in [2.75, 3.05) is 20.7 Å². The lowest BCUT2D eigenvalue weighted by atomic mass is 10.2. The molecule has 0 aliphatic carbocycles. The van der Waals surface area contributed by atoms with Crippen LogP contribution in [0, 0.1) is 0 Å². The summed E-state index contributed by atoms with van der Waals surface area (Å²) in [6.07, 6.45) is 1.05. The SMILES string of the molecule is COc1cccc(CSC2CCN(C)C(N)=N2)c1. The fourth-order valence-corrected chi connectivity index (χ4v) is 2.82. The Balaban J connectivity index is 1.91. The second kappa shape index (κ2) is 6.00. The maximum absolute atomic E-state index is 5.83. The van der Waals surface area contributed by atoms with Gasteiger partial charge in [0.15, 0.2) is 5.96 Å². The summed E-state index contributed by atoms with van der Waals surface area (Å²) in [5.41, 5.74) is 7.08. The van der Waals surface area contributed by atoms with E-state index in [2.05, 4.69) is 17.1 Å². The Morgan fingerprint density at radius 2 is 2.39 bits per heavy atom. The largest absolute Gasteiger partial charge is 0.497 e. The quantitative estimate of drug-likeness (QED) is 0.903. The van der Waals surface area contributed by atoms with Crippen LogP contribution in [-0.2, 0) is 5.75 Å². The summed E-state index contributed by atoms with van der Waals surface area (Å²) in [5, 5.41) is 0.271. The van der Waals surface area contributed by atoms with E-state index in [0.717, 1.165) is 24.5 Å². The van der Waals surface area contributed by atoms with Crippen molar-refractivity contribution in [3.63, 3.8) is 0 Å². The van der Waals surface area contributed by atoms with Crippen molar-refractivity contribution in [3.05, 3.63) is 29.8 Å². The highest BCUT2D eigenvalue weighted by atomic mass is 32.2. The average Bonchev–Trinajstić information content (AvgIpc) is 2.40. The molecule has 0 saturated heterocycles. The smallest absolute Gasteiger partial charge is 0.192 e. The summed E-state index contributed by atoms with van der Waals surface area (Å²) in [6.45, 7) is 0.977. The van der Waals surface area contributed by atoms with Gasteiger partial charge in [0.05, 0.1) is 7.11 Å². The van der Waals surface area contributed by atoms with E-state index in [9.17, 15) is 0 Å². The van der Waals surface area contributed by atoms with E-state index in [1.54, 1.807) is 7.11 Å². The second-order valence-corrected chi connectivity index (χ2v) is 5.48. The number of hydrogen-bond acceptors (Lipinski definition) is 5. The summed E-state index contributed by atoms with van der Waals surface area (Å²) < 4.78 is 5.21. The first kappa shape index (κ1) is 13.1.